The van der Waals surface area contributed by atoms with Crippen LogP contribution in [0.15, 0.2) is 86.3 Å². The van der Waals surface area contributed by atoms with Crippen molar-refractivity contribution in [2.24, 2.45) is 0 Å². The maximum absolute atomic E-state index is 14.4. The van der Waals surface area contributed by atoms with Gasteiger partial charge in [-0.05, 0) is 36.8 Å². The lowest BCUT2D eigenvalue weighted by Crippen LogP contribution is -2.53. The molecule has 5 aromatic rings. The summed E-state index contributed by atoms with van der Waals surface area (Å²) in [5.41, 5.74) is -0.435. The summed E-state index contributed by atoms with van der Waals surface area (Å²) in [4.78, 5) is 45.4. The molecule has 2 amide bonds. The van der Waals surface area contributed by atoms with Crippen molar-refractivity contribution >= 4 is 56.7 Å². The second-order valence-corrected chi connectivity index (χ2v) is 11.5. The van der Waals surface area contributed by atoms with Gasteiger partial charge in [-0.2, -0.15) is 0 Å². The molecule has 1 spiro atoms. The molecule has 0 aliphatic carbocycles. The number of carbonyl (C=O) groups excluding carboxylic acids is 2. The van der Waals surface area contributed by atoms with Gasteiger partial charge in [0.05, 0.1) is 16.6 Å². The van der Waals surface area contributed by atoms with E-state index in [2.05, 4.69) is 10.2 Å². The number of rotatable bonds is 5. The van der Waals surface area contributed by atoms with Crippen LogP contribution in [0.2, 0.25) is 0 Å². The van der Waals surface area contributed by atoms with E-state index in [9.17, 15) is 18.8 Å². The standard InChI is InChI=1S/C29H19FN4O4S2/c1-2-33-20-13-7-5-11-18(20)29(26(33)37)22-23(35)17-10-4-8-14-21(17)38-24(22)25(36)34(29)27-31-32-28(40-27)39-15-16-9-3-6-12-19(16)30/h3-14H,2,15H2,1H3. The van der Waals surface area contributed by atoms with Gasteiger partial charge in [0.1, 0.15) is 11.4 Å². The van der Waals surface area contributed by atoms with Gasteiger partial charge in [0.25, 0.3) is 11.8 Å². The lowest BCUT2D eigenvalue weighted by Gasteiger charge is -2.31. The normalized spacial score (nSPS) is 17.8. The Morgan fingerprint density at radius 2 is 1.73 bits per heavy atom. The van der Waals surface area contributed by atoms with Crippen LogP contribution in [0.3, 0.4) is 0 Å². The molecular weight excluding hydrogens is 551 g/mol. The summed E-state index contributed by atoms with van der Waals surface area (Å²) in [7, 11) is 0. The van der Waals surface area contributed by atoms with Gasteiger partial charge in [-0.3, -0.25) is 19.3 Å². The number of hydrogen-bond donors (Lipinski definition) is 0. The number of fused-ring (bicyclic) bond motifs is 5. The van der Waals surface area contributed by atoms with Crippen LogP contribution in [-0.2, 0) is 16.1 Å². The molecule has 0 fully saturated rings. The quantitative estimate of drug-likeness (QED) is 0.208. The average Bonchev–Trinajstić information content (AvgIpc) is 3.61. The summed E-state index contributed by atoms with van der Waals surface area (Å²) >= 11 is 2.36. The third-order valence-electron chi connectivity index (χ3n) is 7.24. The Morgan fingerprint density at radius 3 is 2.55 bits per heavy atom. The highest BCUT2D eigenvalue weighted by atomic mass is 32.2. The summed E-state index contributed by atoms with van der Waals surface area (Å²) < 4.78 is 20.7. The van der Waals surface area contributed by atoms with E-state index in [1.54, 1.807) is 71.6 Å². The Labute approximate surface area is 235 Å². The minimum atomic E-state index is -1.81. The van der Waals surface area contributed by atoms with E-state index < -0.39 is 22.8 Å². The largest absolute Gasteiger partial charge is 0.450 e. The first-order valence-corrected chi connectivity index (χ1v) is 14.3. The molecule has 0 N–H and O–H groups in total. The zero-order valence-corrected chi connectivity index (χ0v) is 22.6. The third kappa shape index (κ3) is 3.28. The second kappa shape index (κ2) is 9.10. The van der Waals surface area contributed by atoms with Crippen molar-refractivity contribution in [1.29, 1.82) is 0 Å². The minimum Gasteiger partial charge on any atom is -0.450 e. The maximum Gasteiger partial charge on any atom is 0.297 e. The number of thioether (sulfide) groups is 1. The first-order valence-electron chi connectivity index (χ1n) is 12.5. The SMILES string of the molecule is CCN1C(=O)C2(c3ccccc31)c1c(oc3ccccc3c1=O)C(=O)N2c1nnc(SCc2ccccc2F)s1. The molecule has 0 bridgehead atoms. The van der Waals surface area contributed by atoms with Crippen LogP contribution in [0.25, 0.3) is 11.0 Å². The summed E-state index contributed by atoms with van der Waals surface area (Å²) in [6.07, 6.45) is 0. The fraction of sp³-hybridized carbons (Fsp3) is 0.138. The summed E-state index contributed by atoms with van der Waals surface area (Å²) in [5, 5.41) is 8.93. The Bertz CT molecular complexity index is 1920. The van der Waals surface area contributed by atoms with Crippen molar-refractivity contribution in [1.82, 2.24) is 10.2 Å². The van der Waals surface area contributed by atoms with E-state index in [0.717, 1.165) is 11.3 Å². The number of anilines is 2. The number of likely N-dealkylation sites (N-methyl/N-ethyl adjacent to an activating group) is 1. The van der Waals surface area contributed by atoms with Gasteiger partial charge in [-0.25, -0.2) is 4.39 Å². The third-order valence-corrected chi connectivity index (χ3v) is 9.33. The molecule has 1 atom stereocenters. The predicted molar refractivity (Wildman–Crippen MR) is 150 cm³/mol. The average molecular weight is 571 g/mol. The first-order chi connectivity index (χ1) is 19.5. The lowest BCUT2D eigenvalue weighted by atomic mass is 9.84. The highest BCUT2D eigenvalue weighted by Gasteiger charge is 2.66. The van der Waals surface area contributed by atoms with Gasteiger partial charge < -0.3 is 9.32 Å². The fourth-order valence-corrected chi connectivity index (χ4v) is 7.41. The molecule has 7 rings (SSSR count). The Hall–Kier alpha value is -4.35. The van der Waals surface area contributed by atoms with Crippen molar-refractivity contribution in [2.45, 2.75) is 22.6 Å². The number of hydrogen-bond acceptors (Lipinski definition) is 8. The van der Waals surface area contributed by atoms with Crippen LogP contribution in [0, 0.1) is 5.82 Å². The van der Waals surface area contributed by atoms with E-state index in [4.69, 9.17) is 4.42 Å². The topological polar surface area (TPSA) is 96.6 Å². The van der Waals surface area contributed by atoms with Gasteiger partial charge in [-0.15, -0.1) is 10.2 Å². The second-order valence-electron chi connectivity index (χ2n) is 9.28. The molecule has 0 saturated carbocycles. The lowest BCUT2D eigenvalue weighted by molar-refractivity contribution is -0.121. The monoisotopic (exact) mass is 570 g/mol. The molecule has 3 aromatic carbocycles. The van der Waals surface area contributed by atoms with Crippen molar-refractivity contribution in [3.05, 3.63) is 111 Å². The number of halogens is 1. The van der Waals surface area contributed by atoms with Crippen LogP contribution in [0.4, 0.5) is 15.2 Å². The summed E-state index contributed by atoms with van der Waals surface area (Å²) in [5.74, 6) is -1.31. The van der Waals surface area contributed by atoms with E-state index in [-0.39, 0.29) is 33.2 Å². The molecule has 2 aromatic heterocycles. The number of benzene rings is 3. The number of nitrogens with zero attached hydrogens (tertiary/aromatic N) is 4. The Morgan fingerprint density at radius 1 is 0.975 bits per heavy atom. The summed E-state index contributed by atoms with van der Waals surface area (Å²) in [6, 6.07) is 20.2. The van der Waals surface area contributed by atoms with E-state index in [1.165, 1.54) is 22.7 Å². The van der Waals surface area contributed by atoms with Crippen LogP contribution < -0.4 is 15.2 Å². The van der Waals surface area contributed by atoms with Crippen LogP contribution in [0.1, 0.15) is 34.2 Å². The molecule has 198 valence electrons. The molecular formula is C29H19FN4O4S2. The van der Waals surface area contributed by atoms with Gasteiger partial charge in [0, 0.05) is 17.9 Å². The molecule has 0 saturated heterocycles. The number of amides is 2. The van der Waals surface area contributed by atoms with Crippen molar-refractivity contribution in [3.8, 4) is 0 Å². The molecule has 4 heterocycles. The number of para-hydroxylation sites is 2. The molecule has 11 heteroatoms. The smallest absolute Gasteiger partial charge is 0.297 e. The fourth-order valence-electron chi connectivity index (χ4n) is 5.53. The molecule has 40 heavy (non-hydrogen) atoms. The van der Waals surface area contributed by atoms with Crippen molar-refractivity contribution in [2.75, 3.05) is 16.3 Å². The summed E-state index contributed by atoms with van der Waals surface area (Å²) in [6.45, 7) is 2.16. The minimum absolute atomic E-state index is 0.0274. The Balaban J connectivity index is 1.43. The highest BCUT2D eigenvalue weighted by molar-refractivity contribution is 8.00. The highest BCUT2D eigenvalue weighted by Crippen LogP contribution is 2.54. The van der Waals surface area contributed by atoms with Crippen molar-refractivity contribution < 1.29 is 18.4 Å². The zero-order chi connectivity index (χ0) is 27.6. The molecule has 1 unspecified atom stereocenters. The maximum atomic E-state index is 14.4. The number of aromatic nitrogens is 2. The molecule has 8 nitrogen and oxygen atoms in total. The van der Waals surface area contributed by atoms with Crippen LogP contribution >= 0.6 is 23.1 Å². The zero-order valence-electron chi connectivity index (χ0n) is 21.0. The Kier molecular flexibility index (Phi) is 5.62. The van der Waals surface area contributed by atoms with Crippen LogP contribution in [0.5, 0.6) is 0 Å². The molecule has 2 aliphatic heterocycles. The van der Waals surface area contributed by atoms with E-state index in [0.29, 0.717) is 33.5 Å². The van der Waals surface area contributed by atoms with E-state index in [1.807, 2.05) is 6.92 Å². The van der Waals surface area contributed by atoms with E-state index >= 15 is 0 Å². The predicted octanol–water partition coefficient (Wildman–Crippen LogP) is 5.35. The molecule has 0 radical (unpaired) electrons. The van der Waals surface area contributed by atoms with Gasteiger partial charge >= 0.3 is 0 Å². The molecule has 2 aliphatic rings. The number of carbonyl (C=O) groups is 2. The van der Waals surface area contributed by atoms with Crippen molar-refractivity contribution in [3.63, 3.8) is 0 Å². The van der Waals surface area contributed by atoms with Gasteiger partial charge in [0.15, 0.2) is 15.3 Å². The van der Waals surface area contributed by atoms with Gasteiger partial charge in [-0.1, -0.05) is 71.6 Å². The van der Waals surface area contributed by atoms with Crippen LogP contribution in [-0.4, -0.2) is 28.6 Å². The first kappa shape index (κ1) is 24.7. The van der Waals surface area contributed by atoms with Gasteiger partial charge in [0.2, 0.25) is 10.9 Å².